The van der Waals surface area contributed by atoms with E-state index in [0.717, 1.165) is 51.6 Å². The number of amides is 2. The van der Waals surface area contributed by atoms with Crippen LogP contribution in [0.4, 0.5) is 4.79 Å². The van der Waals surface area contributed by atoms with Crippen LogP contribution in [0.5, 0.6) is 0 Å². The first-order valence-electron chi connectivity index (χ1n) is 8.22. The number of hydrogen-bond donors (Lipinski definition) is 1. The van der Waals surface area contributed by atoms with Gasteiger partial charge in [-0.05, 0) is 37.5 Å². The summed E-state index contributed by atoms with van der Waals surface area (Å²) >= 11 is 0. The lowest BCUT2D eigenvalue weighted by Gasteiger charge is -2.43. The van der Waals surface area contributed by atoms with Crippen LogP contribution in [0.25, 0.3) is 0 Å². The van der Waals surface area contributed by atoms with Crippen molar-refractivity contribution in [1.29, 1.82) is 0 Å². The molecule has 0 aromatic carbocycles. The van der Waals surface area contributed by atoms with Crippen molar-refractivity contribution in [3.63, 3.8) is 0 Å². The van der Waals surface area contributed by atoms with Gasteiger partial charge in [-0.3, -0.25) is 4.79 Å². The Morgan fingerprint density at radius 1 is 1.19 bits per heavy atom. The summed E-state index contributed by atoms with van der Waals surface area (Å²) in [5, 5.41) is 9.02. The molecule has 0 aliphatic carbocycles. The summed E-state index contributed by atoms with van der Waals surface area (Å²) in [6, 6.07) is -0.0673. The Bertz CT molecular complexity index is 389. The van der Waals surface area contributed by atoms with Gasteiger partial charge in [0.15, 0.2) is 0 Å². The fraction of sp³-hybridized carbons (Fsp3) is 0.875. The molecule has 0 spiro atoms. The standard InChI is InChI=1S/C16H28N2O3/c1-3-16(2)7-10-17(11-8-16)15(21)18-9-5-4-6-13(18)12-14(19)20/h13H,3-12H2,1-2H3,(H,19,20). The van der Waals surface area contributed by atoms with Crippen molar-refractivity contribution in [2.45, 2.75) is 64.8 Å². The van der Waals surface area contributed by atoms with E-state index in [1.807, 2.05) is 9.80 Å². The van der Waals surface area contributed by atoms with E-state index in [1.54, 1.807) is 0 Å². The normalized spacial score (nSPS) is 25.7. The number of likely N-dealkylation sites (tertiary alicyclic amines) is 2. The van der Waals surface area contributed by atoms with Gasteiger partial charge in [-0.25, -0.2) is 4.79 Å². The van der Waals surface area contributed by atoms with Crippen molar-refractivity contribution < 1.29 is 14.7 Å². The molecule has 0 aromatic heterocycles. The molecule has 120 valence electrons. The number of hydrogen-bond acceptors (Lipinski definition) is 2. The molecule has 2 aliphatic rings. The Hall–Kier alpha value is -1.26. The first-order chi connectivity index (χ1) is 9.95. The minimum Gasteiger partial charge on any atom is -0.481 e. The number of carbonyl (C=O) groups excluding carboxylic acids is 1. The molecule has 2 fully saturated rings. The average Bonchev–Trinajstić information content (AvgIpc) is 2.47. The van der Waals surface area contributed by atoms with Crippen LogP contribution in [0.15, 0.2) is 0 Å². The second-order valence-electron chi connectivity index (χ2n) is 6.87. The van der Waals surface area contributed by atoms with E-state index >= 15 is 0 Å². The van der Waals surface area contributed by atoms with Gasteiger partial charge >= 0.3 is 12.0 Å². The highest BCUT2D eigenvalue weighted by Gasteiger charge is 2.35. The number of piperidine rings is 2. The maximum atomic E-state index is 12.7. The van der Waals surface area contributed by atoms with Crippen molar-refractivity contribution >= 4 is 12.0 Å². The Balaban J connectivity index is 1.96. The molecule has 2 amide bonds. The quantitative estimate of drug-likeness (QED) is 0.871. The number of carboxylic acids is 1. The van der Waals surface area contributed by atoms with Gasteiger partial charge in [-0.2, -0.15) is 0 Å². The fourth-order valence-electron chi connectivity index (χ4n) is 3.44. The maximum absolute atomic E-state index is 12.7. The SMILES string of the molecule is CCC1(C)CCN(C(=O)N2CCCCC2CC(=O)O)CC1. The molecule has 2 aliphatic heterocycles. The Labute approximate surface area is 127 Å². The third kappa shape index (κ3) is 3.89. The summed E-state index contributed by atoms with van der Waals surface area (Å²) in [4.78, 5) is 27.4. The highest BCUT2D eigenvalue weighted by molar-refractivity contribution is 5.76. The molecule has 0 saturated carbocycles. The number of rotatable bonds is 3. The van der Waals surface area contributed by atoms with Crippen LogP contribution in [0.2, 0.25) is 0 Å². The molecular weight excluding hydrogens is 268 g/mol. The summed E-state index contributed by atoms with van der Waals surface area (Å²) in [7, 11) is 0. The van der Waals surface area contributed by atoms with E-state index < -0.39 is 5.97 Å². The summed E-state index contributed by atoms with van der Waals surface area (Å²) in [6.45, 7) is 6.82. The Morgan fingerprint density at radius 3 is 2.43 bits per heavy atom. The van der Waals surface area contributed by atoms with Crippen LogP contribution in [0.3, 0.4) is 0 Å². The van der Waals surface area contributed by atoms with E-state index in [0.29, 0.717) is 12.0 Å². The van der Waals surface area contributed by atoms with Crippen molar-refractivity contribution in [1.82, 2.24) is 9.80 Å². The van der Waals surface area contributed by atoms with Gasteiger partial charge in [0.25, 0.3) is 0 Å². The molecular formula is C16H28N2O3. The Kier molecular flexibility index (Phi) is 5.12. The molecule has 2 saturated heterocycles. The van der Waals surface area contributed by atoms with Crippen molar-refractivity contribution in [3.8, 4) is 0 Å². The number of carboxylic acid groups (broad SMARTS) is 1. The van der Waals surface area contributed by atoms with Crippen LogP contribution in [-0.2, 0) is 4.79 Å². The zero-order valence-corrected chi connectivity index (χ0v) is 13.3. The second kappa shape index (κ2) is 6.67. The van der Waals surface area contributed by atoms with E-state index in [9.17, 15) is 9.59 Å². The number of aliphatic carboxylic acids is 1. The lowest BCUT2D eigenvalue weighted by Crippen LogP contribution is -2.53. The van der Waals surface area contributed by atoms with Gasteiger partial charge in [0, 0.05) is 25.7 Å². The van der Waals surface area contributed by atoms with Gasteiger partial charge in [-0.1, -0.05) is 20.3 Å². The monoisotopic (exact) mass is 296 g/mol. The summed E-state index contributed by atoms with van der Waals surface area (Å²) in [5.74, 6) is -0.808. The summed E-state index contributed by atoms with van der Waals surface area (Å²) < 4.78 is 0. The molecule has 5 heteroatoms. The first kappa shape index (κ1) is 16.1. The van der Waals surface area contributed by atoms with Gasteiger partial charge in [0.1, 0.15) is 0 Å². The van der Waals surface area contributed by atoms with Crippen molar-refractivity contribution in [3.05, 3.63) is 0 Å². The largest absolute Gasteiger partial charge is 0.481 e. The molecule has 1 atom stereocenters. The minimum atomic E-state index is -0.808. The van der Waals surface area contributed by atoms with Crippen LogP contribution < -0.4 is 0 Å². The van der Waals surface area contributed by atoms with Gasteiger partial charge in [0.2, 0.25) is 0 Å². The Morgan fingerprint density at radius 2 is 1.86 bits per heavy atom. The lowest BCUT2D eigenvalue weighted by molar-refractivity contribution is -0.138. The molecule has 1 unspecified atom stereocenters. The predicted molar refractivity (Wildman–Crippen MR) is 81.2 cm³/mol. The average molecular weight is 296 g/mol. The van der Waals surface area contributed by atoms with Crippen LogP contribution in [0, 0.1) is 5.41 Å². The predicted octanol–water partition coefficient (Wildman–Crippen LogP) is 2.95. The van der Waals surface area contributed by atoms with E-state index in [4.69, 9.17) is 5.11 Å². The van der Waals surface area contributed by atoms with E-state index in [-0.39, 0.29) is 18.5 Å². The highest BCUT2D eigenvalue weighted by atomic mass is 16.4. The molecule has 0 aromatic rings. The molecule has 0 radical (unpaired) electrons. The van der Waals surface area contributed by atoms with E-state index in [2.05, 4.69) is 13.8 Å². The number of nitrogens with zero attached hydrogens (tertiary/aromatic N) is 2. The van der Waals surface area contributed by atoms with Crippen LogP contribution in [-0.4, -0.2) is 52.6 Å². The second-order valence-corrected chi connectivity index (χ2v) is 6.87. The number of urea groups is 1. The first-order valence-corrected chi connectivity index (χ1v) is 8.22. The smallest absolute Gasteiger partial charge is 0.320 e. The number of carbonyl (C=O) groups is 2. The third-order valence-electron chi connectivity index (χ3n) is 5.38. The lowest BCUT2D eigenvalue weighted by atomic mass is 9.78. The molecule has 1 N–H and O–H groups in total. The highest BCUT2D eigenvalue weighted by Crippen LogP contribution is 2.34. The van der Waals surface area contributed by atoms with Crippen LogP contribution >= 0.6 is 0 Å². The van der Waals surface area contributed by atoms with Gasteiger partial charge in [0.05, 0.1) is 6.42 Å². The topological polar surface area (TPSA) is 60.9 Å². The summed E-state index contributed by atoms with van der Waals surface area (Å²) in [5.41, 5.74) is 0.360. The molecule has 21 heavy (non-hydrogen) atoms. The maximum Gasteiger partial charge on any atom is 0.320 e. The fourth-order valence-corrected chi connectivity index (χ4v) is 3.44. The molecule has 0 bridgehead atoms. The minimum absolute atomic E-state index is 0.0547. The molecule has 5 nitrogen and oxygen atoms in total. The van der Waals surface area contributed by atoms with E-state index in [1.165, 1.54) is 0 Å². The van der Waals surface area contributed by atoms with Gasteiger partial charge < -0.3 is 14.9 Å². The van der Waals surface area contributed by atoms with Crippen molar-refractivity contribution in [2.24, 2.45) is 5.41 Å². The van der Waals surface area contributed by atoms with Crippen molar-refractivity contribution in [2.75, 3.05) is 19.6 Å². The zero-order chi connectivity index (χ0) is 15.5. The van der Waals surface area contributed by atoms with Crippen LogP contribution in [0.1, 0.15) is 58.8 Å². The molecule has 2 heterocycles. The zero-order valence-electron chi connectivity index (χ0n) is 13.3. The van der Waals surface area contributed by atoms with Gasteiger partial charge in [-0.15, -0.1) is 0 Å². The molecule has 2 rings (SSSR count). The third-order valence-corrected chi connectivity index (χ3v) is 5.38. The summed E-state index contributed by atoms with van der Waals surface area (Å²) in [6.07, 6.45) is 6.16.